The van der Waals surface area contributed by atoms with Crippen LogP contribution in [0.4, 0.5) is 29.2 Å². The van der Waals surface area contributed by atoms with Crippen LogP contribution in [0.3, 0.4) is 0 Å². The number of piperidine rings is 2. The monoisotopic (exact) mass is 505 g/mol. The van der Waals surface area contributed by atoms with E-state index in [1.54, 1.807) is 12.1 Å². The molecule has 2 fully saturated rings. The summed E-state index contributed by atoms with van der Waals surface area (Å²) < 4.78 is 0. The molecule has 8 nitrogen and oxygen atoms in total. The molecule has 1 amide bonds. The standard InChI is InChI=1S/C27H32ClN7O/c1-19-17-23(29-24(36)20-11-5-2-6-12-20)21(28)18-22(19)30-25-31-26(34-13-7-3-8-14-34)33-27(32-25)35-15-9-4-10-16-35/h2,5-6,11-12,17-18H,3-4,7-10,13-16H2,1H3,(H,29,36)(H,30,31,32,33). The van der Waals surface area contributed by atoms with Crippen molar-refractivity contribution in [3.63, 3.8) is 0 Å². The van der Waals surface area contributed by atoms with Crippen molar-refractivity contribution >= 4 is 46.7 Å². The molecule has 2 aromatic carbocycles. The lowest BCUT2D eigenvalue weighted by atomic mass is 10.1. The maximum Gasteiger partial charge on any atom is 0.255 e. The molecular formula is C27H32ClN7O. The predicted molar refractivity (Wildman–Crippen MR) is 146 cm³/mol. The van der Waals surface area contributed by atoms with Crippen molar-refractivity contribution in [3.8, 4) is 0 Å². The van der Waals surface area contributed by atoms with Gasteiger partial charge >= 0.3 is 0 Å². The van der Waals surface area contributed by atoms with Gasteiger partial charge in [-0.05, 0) is 75.3 Å². The zero-order valence-electron chi connectivity index (χ0n) is 20.6. The summed E-state index contributed by atoms with van der Waals surface area (Å²) in [6, 6.07) is 12.8. The summed E-state index contributed by atoms with van der Waals surface area (Å²) in [7, 11) is 0. The molecule has 5 rings (SSSR count). The van der Waals surface area contributed by atoms with Gasteiger partial charge in [0.2, 0.25) is 17.8 Å². The third-order valence-electron chi connectivity index (χ3n) is 6.73. The van der Waals surface area contributed by atoms with Crippen molar-refractivity contribution in [2.75, 3.05) is 46.6 Å². The first-order valence-corrected chi connectivity index (χ1v) is 13.1. The molecule has 0 spiro atoms. The van der Waals surface area contributed by atoms with Crippen LogP contribution in [0.5, 0.6) is 0 Å². The number of carbonyl (C=O) groups excluding carboxylic acids is 1. The number of hydrogen-bond acceptors (Lipinski definition) is 7. The number of hydrogen-bond donors (Lipinski definition) is 2. The quantitative estimate of drug-likeness (QED) is 0.437. The second kappa shape index (κ2) is 11.1. The van der Waals surface area contributed by atoms with Crippen LogP contribution in [0.15, 0.2) is 42.5 Å². The lowest BCUT2D eigenvalue weighted by Gasteiger charge is -2.30. The van der Waals surface area contributed by atoms with Crippen LogP contribution < -0.4 is 20.4 Å². The fourth-order valence-corrected chi connectivity index (χ4v) is 4.91. The molecule has 0 radical (unpaired) electrons. The van der Waals surface area contributed by atoms with Gasteiger partial charge in [0, 0.05) is 37.4 Å². The maximum absolute atomic E-state index is 12.6. The molecule has 0 unspecified atom stereocenters. The zero-order valence-corrected chi connectivity index (χ0v) is 21.4. The molecule has 36 heavy (non-hydrogen) atoms. The fraction of sp³-hybridized carbons (Fsp3) is 0.407. The van der Waals surface area contributed by atoms with E-state index in [9.17, 15) is 4.79 Å². The summed E-state index contributed by atoms with van der Waals surface area (Å²) >= 11 is 6.58. The van der Waals surface area contributed by atoms with Gasteiger partial charge in [0.05, 0.1) is 10.7 Å². The average Bonchev–Trinajstić information content (AvgIpc) is 2.93. The van der Waals surface area contributed by atoms with Crippen molar-refractivity contribution in [2.45, 2.75) is 45.4 Å². The van der Waals surface area contributed by atoms with Gasteiger partial charge in [0.1, 0.15) is 0 Å². The Balaban J connectivity index is 1.40. The number of benzene rings is 2. The van der Waals surface area contributed by atoms with Gasteiger partial charge in [-0.3, -0.25) is 4.79 Å². The molecule has 188 valence electrons. The number of nitrogens with one attached hydrogen (secondary N) is 2. The summed E-state index contributed by atoms with van der Waals surface area (Å²) in [6.45, 7) is 5.81. The Kier molecular flexibility index (Phi) is 7.51. The summed E-state index contributed by atoms with van der Waals surface area (Å²) in [6.07, 6.45) is 7.10. The lowest BCUT2D eigenvalue weighted by molar-refractivity contribution is 0.102. The smallest absolute Gasteiger partial charge is 0.255 e. The van der Waals surface area contributed by atoms with Crippen molar-refractivity contribution in [2.24, 2.45) is 0 Å². The van der Waals surface area contributed by atoms with Crippen molar-refractivity contribution in [1.82, 2.24) is 15.0 Å². The van der Waals surface area contributed by atoms with E-state index in [-0.39, 0.29) is 5.91 Å². The van der Waals surface area contributed by atoms with Gasteiger partial charge in [-0.15, -0.1) is 0 Å². The number of carbonyl (C=O) groups is 1. The summed E-state index contributed by atoms with van der Waals surface area (Å²) in [5, 5.41) is 6.72. The largest absolute Gasteiger partial charge is 0.341 e. The van der Waals surface area contributed by atoms with E-state index in [0.29, 0.717) is 22.2 Å². The van der Waals surface area contributed by atoms with Crippen molar-refractivity contribution in [3.05, 3.63) is 58.6 Å². The summed E-state index contributed by atoms with van der Waals surface area (Å²) in [5.41, 5.74) is 2.85. The molecule has 3 heterocycles. The first-order valence-electron chi connectivity index (χ1n) is 12.8. The molecule has 1 aromatic heterocycles. The Morgan fingerprint density at radius 2 is 1.39 bits per heavy atom. The number of aromatic nitrogens is 3. The number of nitrogens with zero attached hydrogens (tertiary/aromatic N) is 5. The molecular weight excluding hydrogens is 474 g/mol. The fourth-order valence-electron chi connectivity index (χ4n) is 4.70. The molecule has 2 N–H and O–H groups in total. The van der Waals surface area contributed by atoms with Gasteiger partial charge < -0.3 is 20.4 Å². The van der Waals surface area contributed by atoms with Gasteiger partial charge in [-0.2, -0.15) is 15.0 Å². The SMILES string of the molecule is Cc1cc(NC(=O)c2ccccc2)c(Cl)cc1Nc1nc(N2CCCCC2)nc(N2CCCCC2)n1. The molecule has 0 saturated carbocycles. The van der Waals surface area contributed by atoms with Crippen molar-refractivity contribution < 1.29 is 4.79 Å². The van der Waals surface area contributed by atoms with Crippen LogP contribution in [0, 0.1) is 6.92 Å². The number of aryl methyl sites for hydroxylation is 1. The van der Waals surface area contributed by atoms with Gasteiger partial charge in [0.15, 0.2) is 0 Å². The Bertz CT molecular complexity index is 1170. The third-order valence-corrected chi connectivity index (χ3v) is 7.05. The van der Waals surface area contributed by atoms with E-state index in [2.05, 4.69) is 20.4 Å². The Labute approximate surface area is 217 Å². The number of rotatable bonds is 6. The minimum Gasteiger partial charge on any atom is -0.341 e. The topological polar surface area (TPSA) is 86.3 Å². The van der Waals surface area contributed by atoms with E-state index in [1.165, 1.54) is 12.8 Å². The second-order valence-corrected chi connectivity index (χ2v) is 9.85. The maximum atomic E-state index is 12.6. The van der Waals surface area contributed by atoms with E-state index < -0.39 is 0 Å². The van der Waals surface area contributed by atoms with Crippen molar-refractivity contribution in [1.29, 1.82) is 0 Å². The molecule has 2 aliphatic heterocycles. The Morgan fingerprint density at radius 3 is 1.97 bits per heavy atom. The van der Waals surface area contributed by atoms with Crippen LogP contribution >= 0.6 is 11.6 Å². The first-order chi connectivity index (χ1) is 17.6. The average molecular weight is 506 g/mol. The third kappa shape index (κ3) is 5.70. The van der Waals surface area contributed by atoms with Crippen LogP contribution in [-0.4, -0.2) is 47.0 Å². The molecule has 0 atom stereocenters. The Morgan fingerprint density at radius 1 is 0.806 bits per heavy atom. The number of halogens is 1. The van der Waals surface area contributed by atoms with Crippen LogP contribution in [0.1, 0.15) is 54.4 Å². The van der Waals surface area contributed by atoms with E-state index in [1.807, 2.05) is 37.3 Å². The van der Waals surface area contributed by atoms with Gasteiger partial charge in [-0.1, -0.05) is 29.8 Å². The van der Waals surface area contributed by atoms with E-state index in [4.69, 9.17) is 26.6 Å². The van der Waals surface area contributed by atoms with Gasteiger partial charge in [-0.25, -0.2) is 0 Å². The summed E-state index contributed by atoms with van der Waals surface area (Å²) in [4.78, 5) is 31.5. The molecule has 0 aliphatic carbocycles. The zero-order chi connectivity index (χ0) is 24.9. The van der Waals surface area contributed by atoms with Crippen LogP contribution in [-0.2, 0) is 0 Å². The lowest BCUT2D eigenvalue weighted by Crippen LogP contribution is -2.34. The van der Waals surface area contributed by atoms with E-state index >= 15 is 0 Å². The molecule has 0 bridgehead atoms. The van der Waals surface area contributed by atoms with E-state index in [0.717, 1.165) is 75.0 Å². The second-order valence-electron chi connectivity index (χ2n) is 9.45. The number of amides is 1. The predicted octanol–water partition coefficient (Wildman–Crippen LogP) is 5.81. The Hall–Kier alpha value is -3.39. The summed E-state index contributed by atoms with van der Waals surface area (Å²) in [5.74, 6) is 1.75. The van der Waals surface area contributed by atoms with Crippen LogP contribution in [0.2, 0.25) is 5.02 Å². The first kappa shape index (κ1) is 24.3. The van der Waals surface area contributed by atoms with Gasteiger partial charge in [0.25, 0.3) is 5.91 Å². The highest BCUT2D eigenvalue weighted by atomic mass is 35.5. The highest BCUT2D eigenvalue weighted by molar-refractivity contribution is 6.34. The van der Waals surface area contributed by atoms with Crippen LogP contribution in [0.25, 0.3) is 0 Å². The molecule has 3 aromatic rings. The highest BCUT2D eigenvalue weighted by Gasteiger charge is 2.21. The molecule has 2 aliphatic rings. The molecule has 2 saturated heterocycles. The minimum absolute atomic E-state index is 0.201. The molecule has 9 heteroatoms. The highest BCUT2D eigenvalue weighted by Crippen LogP contribution is 2.31. The minimum atomic E-state index is -0.201. The normalized spacial score (nSPS) is 16.1. The number of anilines is 5.